The number of hydrogen-bond donors (Lipinski definition) is 2. The number of nitrogens with zero attached hydrogens (tertiary/aromatic N) is 2. The van der Waals surface area contributed by atoms with Gasteiger partial charge in [-0.3, -0.25) is 4.79 Å². The predicted octanol–water partition coefficient (Wildman–Crippen LogP) is 3.05. The van der Waals surface area contributed by atoms with E-state index < -0.39 is 0 Å². The number of hydrogen-bond acceptors (Lipinski definition) is 4. The summed E-state index contributed by atoms with van der Waals surface area (Å²) in [4.78, 5) is 12.2. The van der Waals surface area contributed by atoms with Crippen LogP contribution in [0.1, 0.15) is 49.0 Å². The first-order chi connectivity index (χ1) is 12.2. The third-order valence-corrected chi connectivity index (χ3v) is 4.44. The van der Waals surface area contributed by atoms with Crippen molar-refractivity contribution >= 4 is 5.91 Å². The Balaban J connectivity index is 1.44. The number of aromatic hydroxyl groups is 1. The summed E-state index contributed by atoms with van der Waals surface area (Å²) in [5.74, 6) is -0.496. The van der Waals surface area contributed by atoms with Crippen molar-refractivity contribution in [3.8, 4) is 11.4 Å². The Hall–Kier alpha value is -2.34. The SMILES string of the molecule is O=C(NCCCOC1CCCCC1)c1nn(-c2ccccc2)cc1O. The van der Waals surface area contributed by atoms with Crippen molar-refractivity contribution in [1.82, 2.24) is 15.1 Å². The molecule has 1 saturated carbocycles. The van der Waals surface area contributed by atoms with Crippen LogP contribution < -0.4 is 5.32 Å². The fourth-order valence-corrected chi connectivity index (χ4v) is 3.08. The van der Waals surface area contributed by atoms with Crippen LogP contribution in [0, 0.1) is 0 Å². The van der Waals surface area contributed by atoms with E-state index in [1.165, 1.54) is 30.1 Å². The minimum absolute atomic E-state index is 0.0389. The molecule has 1 aromatic heterocycles. The second-order valence-corrected chi connectivity index (χ2v) is 6.38. The average molecular weight is 343 g/mol. The van der Waals surface area contributed by atoms with Crippen LogP contribution in [0.15, 0.2) is 36.5 Å². The molecule has 1 aliphatic carbocycles. The van der Waals surface area contributed by atoms with Crippen LogP contribution in [-0.2, 0) is 4.74 Å². The minimum Gasteiger partial charge on any atom is -0.504 e. The highest BCUT2D eigenvalue weighted by Gasteiger charge is 2.17. The first-order valence-corrected chi connectivity index (χ1v) is 8.98. The molecule has 1 fully saturated rings. The Labute approximate surface area is 147 Å². The van der Waals surface area contributed by atoms with Gasteiger partial charge in [-0.15, -0.1) is 0 Å². The van der Waals surface area contributed by atoms with E-state index in [0.29, 0.717) is 19.3 Å². The van der Waals surface area contributed by atoms with Gasteiger partial charge in [0.25, 0.3) is 5.91 Å². The summed E-state index contributed by atoms with van der Waals surface area (Å²) in [6.07, 6.45) is 8.70. The van der Waals surface area contributed by atoms with Gasteiger partial charge in [0, 0.05) is 13.2 Å². The molecule has 0 spiro atoms. The van der Waals surface area contributed by atoms with Crippen molar-refractivity contribution in [2.45, 2.75) is 44.6 Å². The average Bonchev–Trinajstić information content (AvgIpc) is 3.05. The highest BCUT2D eigenvalue weighted by molar-refractivity contribution is 5.94. The molecule has 1 aromatic carbocycles. The number of benzene rings is 1. The second kappa shape index (κ2) is 8.67. The highest BCUT2D eigenvalue weighted by Crippen LogP contribution is 2.20. The molecule has 1 amide bonds. The van der Waals surface area contributed by atoms with E-state index in [9.17, 15) is 9.90 Å². The third-order valence-electron chi connectivity index (χ3n) is 4.44. The van der Waals surface area contributed by atoms with Crippen LogP contribution in [0.4, 0.5) is 0 Å². The first-order valence-electron chi connectivity index (χ1n) is 8.98. The summed E-state index contributed by atoms with van der Waals surface area (Å²) in [6, 6.07) is 9.36. The molecule has 3 rings (SSSR count). The zero-order valence-electron chi connectivity index (χ0n) is 14.4. The Kier molecular flexibility index (Phi) is 6.06. The molecule has 0 bridgehead atoms. The molecule has 0 saturated heterocycles. The largest absolute Gasteiger partial charge is 0.504 e. The molecule has 25 heavy (non-hydrogen) atoms. The van der Waals surface area contributed by atoms with E-state index in [2.05, 4.69) is 10.4 Å². The van der Waals surface area contributed by atoms with Gasteiger partial charge in [-0.05, 0) is 31.4 Å². The van der Waals surface area contributed by atoms with Crippen molar-refractivity contribution < 1.29 is 14.6 Å². The van der Waals surface area contributed by atoms with E-state index in [1.807, 2.05) is 30.3 Å². The van der Waals surface area contributed by atoms with E-state index >= 15 is 0 Å². The molecule has 2 aromatic rings. The Morgan fingerprint density at radius 2 is 2.00 bits per heavy atom. The molecule has 6 heteroatoms. The van der Waals surface area contributed by atoms with Gasteiger partial charge in [-0.1, -0.05) is 37.5 Å². The summed E-state index contributed by atoms with van der Waals surface area (Å²) in [7, 11) is 0. The molecule has 0 radical (unpaired) electrons. The lowest BCUT2D eigenvalue weighted by Crippen LogP contribution is -2.26. The maximum atomic E-state index is 12.2. The van der Waals surface area contributed by atoms with Crippen LogP contribution in [-0.4, -0.2) is 40.0 Å². The van der Waals surface area contributed by atoms with Gasteiger partial charge in [-0.25, -0.2) is 4.68 Å². The van der Waals surface area contributed by atoms with Crippen molar-refractivity contribution in [1.29, 1.82) is 0 Å². The molecule has 0 unspecified atom stereocenters. The number of aromatic nitrogens is 2. The summed E-state index contributed by atoms with van der Waals surface area (Å²) in [5, 5.41) is 16.9. The number of ether oxygens (including phenoxy) is 1. The zero-order chi connectivity index (χ0) is 17.5. The van der Waals surface area contributed by atoms with E-state index in [1.54, 1.807) is 0 Å². The van der Waals surface area contributed by atoms with E-state index in [0.717, 1.165) is 24.9 Å². The van der Waals surface area contributed by atoms with E-state index in [4.69, 9.17) is 4.74 Å². The molecule has 134 valence electrons. The fraction of sp³-hybridized carbons (Fsp3) is 0.474. The number of nitrogens with one attached hydrogen (secondary N) is 1. The van der Waals surface area contributed by atoms with Gasteiger partial charge in [0.1, 0.15) is 0 Å². The molecular weight excluding hydrogens is 318 g/mol. The number of carbonyl (C=O) groups excluding carboxylic acids is 1. The topological polar surface area (TPSA) is 76.4 Å². The fourth-order valence-electron chi connectivity index (χ4n) is 3.08. The summed E-state index contributed by atoms with van der Waals surface area (Å²) < 4.78 is 7.33. The van der Waals surface area contributed by atoms with E-state index in [-0.39, 0.29) is 17.4 Å². The number of amides is 1. The van der Waals surface area contributed by atoms with Crippen molar-refractivity contribution in [2.24, 2.45) is 0 Å². The first kappa shape index (κ1) is 17.5. The molecule has 0 atom stereocenters. The lowest BCUT2D eigenvalue weighted by Gasteiger charge is -2.21. The van der Waals surface area contributed by atoms with Gasteiger partial charge in [0.15, 0.2) is 11.4 Å². The quantitative estimate of drug-likeness (QED) is 0.758. The molecule has 6 nitrogen and oxygen atoms in total. The normalized spacial score (nSPS) is 15.2. The molecule has 2 N–H and O–H groups in total. The van der Waals surface area contributed by atoms with Gasteiger partial charge >= 0.3 is 0 Å². The monoisotopic (exact) mass is 343 g/mol. The number of para-hydroxylation sites is 1. The molecule has 1 heterocycles. The number of carbonyl (C=O) groups is 1. The Morgan fingerprint density at radius 3 is 2.76 bits per heavy atom. The van der Waals surface area contributed by atoms with Gasteiger partial charge in [0.05, 0.1) is 18.0 Å². The minimum atomic E-state index is -0.371. The Morgan fingerprint density at radius 1 is 1.24 bits per heavy atom. The van der Waals surface area contributed by atoms with Gasteiger partial charge < -0.3 is 15.2 Å². The molecule has 0 aliphatic heterocycles. The zero-order valence-corrected chi connectivity index (χ0v) is 14.4. The third kappa shape index (κ3) is 4.82. The van der Waals surface area contributed by atoms with Crippen LogP contribution in [0.3, 0.4) is 0 Å². The molecule has 1 aliphatic rings. The predicted molar refractivity (Wildman–Crippen MR) is 95.0 cm³/mol. The van der Waals surface area contributed by atoms with Crippen molar-refractivity contribution in [2.75, 3.05) is 13.2 Å². The molecular formula is C19H25N3O3. The Bertz CT molecular complexity index is 678. The summed E-state index contributed by atoms with van der Waals surface area (Å²) in [6.45, 7) is 1.15. The summed E-state index contributed by atoms with van der Waals surface area (Å²) in [5.41, 5.74) is 0.829. The maximum absolute atomic E-state index is 12.2. The maximum Gasteiger partial charge on any atom is 0.275 e. The standard InChI is InChI=1S/C19H25N3O3/c23-17-14-22(15-8-3-1-4-9-15)21-18(17)19(24)20-12-7-13-25-16-10-5-2-6-11-16/h1,3-4,8-9,14,16,23H,2,5-7,10-13H2,(H,20,24). The highest BCUT2D eigenvalue weighted by atomic mass is 16.5. The lowest BCUT2D eigenvalue weighted by molar-refractivity contribution is 0.0273. The van der Waals surface area contributed by atoms with Crippen molar-refractivity contribution in [3.63, 3.8) is 0 Å². The summed E-state index contributed by atoms with van der Waals surface area (Å²) >= 11 is 0. The van der Waals surface area contributed by atoms with Gasteiger partial charge in [-0.2, -0.15) is 5.10 Å². The van der Waals surface area contributed by atoms with Crippen LogP contribution in [0.5, 0.6) is 5.75 Å². The lowest BCUT2D eigenvalue weighted by atomic mass is 9.98. The van der Waals surface area contributed by atoms with Crippen LogP contribution in [0.25, 0.3) is 5.69 Å². The second-order valence-electron chi connectivity index (χ2n) is 6.38. The van der Waals surface area contributed by atoms with Gasteiger partial charge in [0.2, 0.25) is 0 Å². The number of rotatable bonds is 7. The van der Waals surface area contributed by atoms with Crippen molar-refractivity contribution in [3.05, 3.63) is 42.2 Å². The van der Waals surface area contributed by atoms with Crippen LogP contribution in [0.2, 0.25) is 0 Å². The smallest absolute Gasteiger partial charge is 0.275 e. The van der Waals surface area contributed by atoms with Crippen LogP contribution >= 0.6 is 0 Å².